The summed E-state index contributed by atoms with van der Waals surface area (Å²) < 4.78 is 0. The molecule has 0 unspecified atom stereocenters. The Bertz CT molecular complexity index is 269. The molecule has 0 bridgehead atoms. The predicted molar refractivity (Wildman–Crippen MR) is 75.1 cm³/mol. The molecule has 0 aliphatic rings. The molecule has 0 saturated carbocycles. The summed E-state index contributed by atoms with van der Waals surface area (Å²) in [4.78, 5) is 0. The van der Waals surface area contributed by atoms with Crippen LogP contribution < -0.4 is 5.32 Å². The third kappa shape index (κ3) is 6.19. The second-order valence-electron chi connectivity index (χ2n) is 4.22. The fourth-order valence-electron chi connectivity index (χ4n) is 1.61. The van der Waals surface area contributed by atoms with Gasteiger partial charge in [-0.1, -0.05) is 36.2 Å². The average molecular weight is 237 g/mol. The molecule has 0 fully saturated rings. The van der Waals surface area contributed by atoms with E-state index in [1.165, 1.54) is 36.1 Å². The molecule has 0 radical (unpaired) electrons. The van der Waals surface area contributed by atoms with Crippen molar-refractivity contribution >= 4 is 11.8 Å². The first-order chi connectivity index (χ1) is 7.83. The summed E-state index contributed by atoms with van der Waals surface area (Å²) in [5.41, 5.74) is 2.72. The minimum absolute atomic E-state index is 1.00. The highest BCUT2D eigenvalue weighted by Crippen LogP contribution is 2.03. The maximum Gasteiger partial charge on any atom is 0.0205 e. The zero-order valence-corrected chi connectivity index (χ0v) is 11.3. The lowest BCUT2D eigenvalue weighted by atomic mass is 10.1. The normalized spacial score (nSPS) is 10.6. The van der Waals surface area contributed by atoms with E-state index in [2.05, 4.69) is 42.8 Å². The van der Waals surface area contributed by atoms with Crippen molar-refractivity contribution in [2.45, 2.75) is 32.7 Å². The van der Waals surface area contributed by atoms with Gasteiger partial charge in [-0.15, -0.1) is 0 Å². The Hall–Kier alpha value is -0.470. The van der Waals surface area contributed by atoms with E-state index < -0.39 is 0 Å². The van der Waals surface area contributed by atoms with Crippen LogP contribution in [0.15, 0.2) is 24.3 Å². The second-order valence-corrected chi connectivity index (χ2v) is 5.20. The van der Waals surface area contributed by atoms with E-state index in [1.807, 2.05) is 11.8 Å². The number of hydrogen-bond acceptors (Lipinski definition) is 2. The van der Waals surface area contributed by atoms with Crippen LogP contribution in [0.5, 0.6) is 0 Å². The number of aryl methyl sites for hydroxylation is 1. The molecule has 1 nitrogen and oxygen atoms in total. The monoisotopic (exact) mass is 237 g/mol. The van der Waals surface area contributed by atoms with Gasteiger partial charge >= 0.3 is 0 Å². The fourth-order valence-corrected chi connectivity index (χ4v) is 2.10. The van der Waals surface area contributed by atoms with Gasteiger partial charge in [0, 0.05) is 6.54 Å². The molecule has 0 aliphatic heterocycles. The van der Waals surface area contributed by atoms with Crippen molar-refractivity contribution in [3.05, 3.63) is 35.4 Å². The minimum Gasteiger partial charge on any atom is -0.313 e. The highest BCUT2D eigenvalue weighted by molar-refractivity contribution is 7.98. The quantitative estimate of drug-likeness (QED) is 0.693. The summed E-state index contributed by atoms with van der Waals surface area (Å²) >= 11 is 1.94. The SMILES string of the molecule is CSCCCCCNCc1ccc(C)cc1. The zero-order valence-electron chi connectivity index (χ0n) is 10.5. The maximum atomic E-state index is 3.49. The van der Waals surface area contributed by atoms with Crippen LogP contribution in [-0.2, 0) is 6.54 Å². The van der Waals surface area contributed by atoms with Gasteiger partial charge in [0.15, 0.2) is 0 Å². The van der Waals surface area contributed by atoms with Crippen molar-refractivity contribution in [2.75, 3.05) is 18.6 Å². The Balaban J connectivity index is 2.01. The van der Waals surface area contributed by atoms with E-state index in [0.717, 1.165) is 13.1 Å². The largest absolute Gasteiger partial charge is 0.313 e. The number of unbranched alkanes of at least 4 members (excludes halogenated alkanes) is 2. The van der Waals surface area contributed by atoms with Crippen LogP contribution in [0.2, 0.25) is 0 Å². The summed E-state index contributed by atoms with van der Waals surface area (Å²) in [5, 5.41) is 3.49. The summed E-state index contributed by atoms with van der Waals surface area (Å²) in [6.45, 7) is 4.27. The second kappa shape index (κ2) is 8.66. The molecule has 0 atom stereocenters. The van der Waals surface area contributed by atoms with E-state index in [-0.39, 0.29) is 0 Å². The van der Waals surface area contributed by atoms with Gasteiger partial charge in [0.25, 0.3) is 0 Å². The smallest absolute Gasteiger partial charge is 0.0205 e. The van der Waals surface area contributed by atoms with Gasteiger partial charge in [-0.25, -0.2) is 0 Å². The van der Waals surface area contributed by atoms with Crippen LogP contribution in [0.1, 0.15) is 30.4 Å². The van der Waals surface area contributed by atoms with Gasteiger partial charge in [-0.05, 0) is 43.9 Å². The van der Waals surface area contributed by atoms with Gasteiger partial charge in [0.2, 0.25) is 0 Å². The molecular weight excluding hydrogens is 214 g/mol. The lowest BCUT2D eigenvalue weighted by molar-refractivity contribution is 0.618. The van der Waals surface area contributed by atoms with E-state index >= 15 is 0 Å². The topological polar surface area (TPSA) is 12.0 Å². The van der Waals surface area contributed by atoms with Crippen LogP contribution in [-0.4, -0.2) is 18.6 Å². The Morgan fingerprint density at radius 3 is 2.50 bits per heavy atom. The van der Waals surface area contributed by atoms with Crippen molar-refractivity contribution < 1.29 is 0 Å². The molecular formula is C14H23NS. The first-order valence-electron chi connectivity index (χ1n) is 6.08. The van der Waals surface area contributed by atoms with E-state index in [0.29, 0.717) is 0 Å². The molecule has 1 rings (SSSR count). The highest BCUT2D eigenvalue weighted by Gasteiger charge is 1.92. The lowest BCUT2D eigenvalue weighted by Gasteiger charge is -2.05. The summed E-state index contributed by atoms with van der Waals surface area (Å²) in [5.74, 6) is 1.30. The zero-order chi connectivity index (χ0) is 11.6. The molecule has 1 N–H and O–H groups in total. The Morgan fingerprint density at radius 2 is 1.81 bits per heavy atom. The van der Waals surface area contributed by atoms with Gasteiger partial charge < -0.3 is 5.32 Å². The van der Waals surface area contributed by atoms with Crippen LogP contribution in [0.4, 0.5) is 0 Å². The standard InChI is InChI=1S/C14H23NS/c1-13-6-8-14(9-7-13)12-15-10-4-3-5-11-16-2/h6-9,15H,3-5,10-12H2,1-2H3. The van der Waals surface area contributed by atoms with Crippen molar-refractivity contribution in [2.24, 2.45) is 0 Å². The third-order valence-corrected chi connectivity index (χ3v) is 3.35. The van der Waals surface area contributed by atoms with Gasteiger partial charge in [0.1, 0.15) is 0 Å². The predicted octanol–water partition coefficient (Wildman–Crippen LogP) is 3.62. The first kappa shape index (κ1) is 13.6. The summed E-state index contributed by atoms with van der Waals surface area (Å²) in [6, 6.07) is 8.76. The molecule has 1 aromatic rings. The molecule has 0 heterocycles. The van der Waals surface area contributed by atoms with Crippen molar-refractivity contribution in [3.8, 4) is 0 Å². The third-order valence-electron chi connectivity index (χ3n) is 2.65. The molecule has 0 aromatic heterocycles. The molecule has 16 heavy (non-hydrogen) atoms. The van der Waals surface area contributed by atoms with Crippen molar-refractivity contribution in [1.29, 1.82) is 0 Å². The maximum absolute atomic E-state index is 3.49. The van der Waals surface area contributed by atoms with Crippen LogP contribution in [0.3, 0.4) is 0 Å². The fraction of sp³-hybridized carbons (Fsp3) is 0.571. The molecule has 0 saturated heterocycles. The van der Waals surface area contributed by atoms with Gasteiger partial charge in [-0.2, -0.15) is 11.8 Å². The van der Waals surface area contributed by atoms with Crippen molar-refractivity contribution in [3.63, 3.8) is 0 Å². The number of benzene rings is 1. The number of nitrogens with one attached hydrogen (secondary N) is 1. The number of hydrogen-bond donors (Lipinski definition) is 1. The minimum atomic E-state index is 1.00. The Morgan fingerprint density at radius 1 is 1.06 bits per heavy atom. The molecule has 0 amide bonds. The highest BCUT2D eigenvalue weighted by atomic mass is 32.2. The lowest BCUT2D eigenvalue weighted by Crippen LogP contribution is -2.14. The molecule has 0 aliphatic carbocycles. The molecule has 1 aromatic carbocycles. The van der Waals surface area contributed by atoms with Crippen LogP contribution >= 0.6 is 11.8 Å². The van der Waals surface area contributed by atoms with Gasteiger partial charge in [-0.3, -0.25) is 0 Å². The molecule has 90 valence electrons. The van der Waals surface area contributed by atoms with Crippen LogP contribution in [0, 0.1) is 6.92 Å². The molecule has 2 heteroatoms. The molecule has 0 spiro atoms. The Labute approximate surface area is 104 Å². The summed E-state index contributed by atoms with van der Waals surface area (Å²) in [7, 11) is 0. The van der Waals surface area contributed by atoms with Crippen LogP contribution in [0.25, 0.3) is 0 Å². The van der Waals surface area contributed by atoms with E-state index in [4.69, 9.17) is 0 Å². The number of thioether (sulfide) groups is 1. The first-order valence-corrected chi connectivity index (χ1v) is 7.47. The Kier molecular flexibility index (Phi) is 7.35. The summed E-state index contributed by atoms with van der Waals surface area (Å²) in [6.07, 6.45) is 6.18. The van der Waals surface area contributed by atoms with Crippen molar-refractivity contribution in [1.82, 2.24) is 5.32 Å². The average Bonchev–Trinajstić information content (AvgIpc) is 2.30. The van der Waals surface area contributed by atoms with E-state index in [9.17, 15) is 0 Å². The number of rotatable bonds is 8. The van der Waals surface area contributed by atoms with E-state index in [1.54, 1.807) is 0 Å². The van der Waals surface area contributed by atoms with Gasteiger partial charge in [0.05, 0.1) is 0 Å².